The molecule has 0 aliphatic carbocycles. The Morgan fingerprint density at radius 2 is 1.74 bits per heavy atom. The zero-order valence-electron chi connectivity index (χ0n) is 18.3. The number of halogens is 3. The number of hydrogen-bond acceptors (Lipinski definition) is 6. The molecule has 0 spiro atoms. The van der Waals surface area contributed by atoms with E-state index in [1.165, 1.54) is 28.2 Å². The number of ether oxygens (including phenoxy) is 1. The van der Waals surface area contributed by atoms with E-state index in [2.05, 4.69) is 20.3 Å². The van der Waals surface area contributed by atoms with Crippen LogP contribution in [0, 0.1) is 11.6 Å². The van der Waals surface area contributed by atoms with Gasteiger partial charge in [-0.1, -0.05) is 18.0 Å². The number of carbonyl (C=O) groups excluding carboxylic acids is 1. The minimum Gasteiger partial charge on any atom is -0.441 e. The van der Waals surface area contributed by atoms with Crippen LogP contribution in [0.2, 0.25) is 5.02 Å². The number of piperidine rings is 1. The van der Waals surface area contributed by atoms with Crippen molar-refractivity contribution in [3.05, 3.63) is 70.5 Å². The Labute approximate surface area is 200 Å². The predicted molar refractivity (Wildman–Crippen MR) is 120 cm³/mol. The van der Waals surface area contributed by atoms with Gasteiger partial charge in [0.25, 0.3) is 0 Å². The van der Waals surface area contributed by atoms with Crippen LogP contribution in [0.25, 0.3) is 0 Å². The van der Waals surface area contributed by atoms with Crippen molar-refractivity contribution in [2.75, 3.05) is 18.0 Å². The maximum atomic E-state index is 14.1. The Morgan fingerprint density at radius 1 is 1.03 bits per heavy atom. The number of aromatic nitrogens is 4. The Morgan fingerprint density at radius 3 is 2.44 bits per heavy atom. The van der Waals surface area contributed by atoms with E-state index >= 15 is 0 Å². The molecule has 2 aliphatic heterocycles. The van der Waals surface area contributed by atoms with Gasteiger partial charge in [0.1, 0.15) is 30.3 Å². The van der Waals surface area contributed by atoms with Gasteiger partial charge in [-0.2, -0.15) is 4.80 Å². The summed E-state index contributed by atoms with van der Waals surface area (Å²) in [4.78, 5) is 17.9. The normalized spacial score (nSPS) is 21.1. The van der Waals surface area contributed by atoms with Crippen LogP contribution in [0.1, 0.15) is 36.7 Å². The minimum absolute atomic E-state index is 0.0750. The number of nitrogens with zero attached hydrogens (tertiary/aromatic N) is 6. The van der Waals surface area contributed by atoms with Gasteiger partial charge in [0, 0.05) is 16.8 Å². The van der Waals surface area contributed by atoms with Crippen molar-refractivity contribution in [2.24, 2.45) is 0 Å². The van der Waals surface area contributed by atoms with Crippen LogP contribution >= 0.6 is 11.6 Å². The van der Waals surface area contributed by atoms with Crippen molar-refractivity contribution in [1.29, 1.82) is 0 Å². The van der Waals surface area contributed by atoms with Crippen LogP contribution in [-0.2, 0) is 17.8 Å². The van der Waals surface area contributed by atoms with Gasteiger partial charge in [0.15, 0.2) is 5.82 Å². The third-order valence-electron chi connectivity index (χ3n) is 6.06. The fourth-order valence-corrected chi connectivity index (χ4v) is 4.67. The maximum absolute atomic E-state index is 14.1. The molecule has 5 rings (SSSR count). The Kier molecular flexibility index (Phi) is 6.42. The van der Waals surface area contributed by atoms with Gasteiger partial charge < -0.3 is 4.74 Å². The molecule has 178 valence electrons. The number of anilines is 1. The average molecular weight is 489 g/mol. The SMILES string of the molecule is O=C1O[C@@H](Cn2nnc(CN3CCCCC3)n2)[C@H](c2cc(F)cc(F)c2)N1c1ccc(Cl)cc1. The predicted octanol–water partition coefficient (Wildman–Crippen LogP) is 4.36. The highest BCUT2D eigenvalue weighted by Gasteiger charge is 2.44. The van der Waals surface area contributed by atoms with Crippen molar-refractivity contribution in [1.82, 2.24) is 25.1 Å². The van der Waals surface area contributed by atoms with Crippen LogP contribution in [0.5, 0.6) is 0 Å². The minimum atomic E-state index is -0.810. The van der Waals surface area contributed by atoms with Crippen LogP contribution in [0.15, 0.2) is 42.5 Å². The topological polar surface area (TPSA) is 76.4 Å². The van der Waals surface area contributed by atoms with Gasteiger partial charge in [0.05, 0.1) is 6.54 Å². The van der Waals surface area contributed by atoms with Crippen LogP contribution in [0.4, 0.5) is 19.3 Å². The van der Waals surface area contributed by atoms with Gasteiger partial charge in [-0.25, -0.2) is 13.6 Å². The Hall–Kier alpha value is -3.11. The number of cyclic esters (lactones) is 1. The first kappa shape index (κ1) is 22.7. The molecule has 0 N–H and O–H groups in total. The molecule has 3 aromatic rings. The molecule has 1 amide bonds. The number of carbonyl (C=O) groups is 1. The molecule has 1 aromatic heterocycles. The number of likely N-dealkylation sites (tertiary alicyclic amines) is 1. The molecule has 2 aliphatic rings. The molecule has 3 heterocycles. The maximum Gasteiger partial charge on any atom is 0.415 e. The number of hydrogen-bond donors (Lipinski definition) is 0. The summed E-state index contributed by atoms with van der Waals surface area (Å²) >= 11 is 5.99. The molecule has 8 nitrogen and oxygen atoms in total. The molecule has 2 atom stereocenters. The molecular formula is C23H23ClF2N6O2. The van der Waals surface area contributed by atoms with E-state index in [0.717, 1.165) is 32.0 Å². The van der Waals surface area contributed by atoms with E-state index in [1.54, 1.807) is 24.3 Å². The summed E-state index contributed by atoms with van der Waals surface area (Å²) in [6.45, 7) is 2.67. The largest absolute Gasteiger partial charge is 0.441 e. The molecular weight excluding hydrogens is 466 g/mol. The second-order valence-corrected chi connectivity index (χ2v) is 8.95. The summed E-state index contributed by atoms with van der Waals surface area (Å²) in [7, 11) is 0. The standard InChI is InChI=1S/C23H23ClF2N6O2/c24-16-4-6-19(7-5-16)32-22(15-10-17(25)12-18(26)11-15)20(34-23(32)33)13-31-28-21(27-29-31)14-30-8-2-1-3-9-30/h4-7,10-12,20,22H,1-3,8-9,13-14H2/t20-,22-/m0/s1. The van der Waals surface area contributed by atoms with Crippen LogP contribution in [-0.4, -0.2) is 50.4 Å². The second-order valence-electron chi connectivity index (χ2n) is 8.51. The highest BCUT2D eigenvalue weighted by atomic mass is 35.5. The third kappa shape index (κ3) is 4.88. The van der Waals surface area contributed by atoms with E-state index in [4.69, 9.17) is 16.3 Å². The molecule has 34 heavy (non-hydrogen) atoms. The van der Waals surface area contributed by atoms with Crippen molar-refractivity contribution in [3.8, 4) is 0 Å². The Balaban J connectivity index is 1.42. The second kappa shape index (κ2) is 9.63. The summed E-state index contributed by atoms with van der Waals surface area (Å²) in [5, 5.41) is 13.2. The van der Waals surface area contributed by atoms with E-state index in [-0.39, 0.29) is 12.1 Å². The van der Waals surface area contributed by atoms with Gasteiger partial charge in [0.2, 0.25) is 0 Å². The summed E-state index contributed by atoms with van der Waals surface area (Å²) < 4.78 is 33.8. The van der Waals surface area contributed by atoms with Crippen molar-refractivity contribution in [2.45, 2.75) is 44.5 Å². The first-order chi connectivity index (χ1) is 16.5. The number of amides is 1. The van der Waals surface area contributed by atoms with Crippen LogP contribution in [0.3, 0.4) is 0 Å². The lowest BCUT2D eigenvalue weighted by Crippen LogP contribution is -2.31. The molecule has 11 heteroatoms. The van der Waals surface area contributed by atoms with Gasteiger partial charge in [-0.05, 0) is 73.1 Å². The third-order valence-corrected chi connectivity index (χ3v) is 6.31. The molecule has 2 fully saturated rings. The zero-order chi connectivity index (χ0) is 23.7. The highest BCUT2D eigenvalue weighted by Crippen LogP contribution is 2.38. The lowest BCUT2D eigenvalue weighted by Gasteiger charge is -2.25. The number of rotatable bonds is 6. The van der Waals surface area contributed by atoms with Crippen LogP contribution < -0.4 is 4.90 Å². The molecule has 0 saturated carbocycles. The molecule has 0 unspecified atom stereocenters. The fraction of sp³-hybridized carbons (Fsp3) is 0.391. The van der Waals surface area contributed by atoms with E-state index < -0.39 is 29.9 Å². The van der Waals surface area contributed by atoms with Crippen molar-refractivity contribution >= 4 is 23.4 Å². The van der Waals surface area contributed by atoms with E-state index in [9.17, 15) is 13.6 Å². The zero-order valence-corrected chi connectivity index (χ0v) is 19.0. The summed E-state index contributed by atoms with van der Waals surface area (Å²) in [6.07, 6.45) is 2.09. The number of benzene rings is 2. The monoisotopic (exact) mass is 488 g/mol. The Bertz CT molecular complexity index is 1150. The van der Waals surface area contributed by atoms with Crippen molar-refractivity contribution < 1.29 is 18.3 Å². The van der Waals surface area contributed by atoms with E-state index in [0.29, 0.717) is 23.1 Å². The average Bonchev–Trinajstić information content (AvgIpc) is 3.38. The molecule has 0 bridgehead atoms. The first-order valence-corrected chi connectivity index (χ1v) is 11.5. The lowest BCUT2D eigenvalue weighted by molar-refractivity contribution is 0.114. The first-order valence-electron chi connectivity index (χ1n) is 11.2. The van der Waals surface area contributed by atoms with Crippen molar-refractivity contribution in [3.63, 3.8) is 0 Å². The van der Waals surface area contributed by atoms with Gasteiger partial charge >= 0.3 is 6.09 Å². The summed E-state index contributed by atoms with van der Waals surface area (Å²) in [5.41, 5.74) is 0.751. The van der Waals surface area contributed by atoms with Gasteiger partial charge in [-0.3, -0.25) is 9.80 Å². The highest BCUT2D eigenvalue weighted by molar-refractivity contribution is 6.30. The fourth-order valence-electron chi connectivity index (χ4n) is 4.54. The van der Waals surface area contributed by atoms with Gasteiger partial charge in [-0.15, -0.1) is 10.2 Å². The quantitative estimate of drug-likeness (QED) is 0.513. The molecule has 2 saturated heterocycles. The summed E-state index contributed by atoms with van der Waals surface area (Å²) in [5.74, 6) is -0.909. The molecule has 0 radical (unpaired) electrons. The smallest absolute Gasteiger partial charge is 0.415 e. The summed E-state index contributed by atoms with van der Waals surface area (Å²) in [6, 6.07) is 8.94. The van der Waals surface area contributed by atoms with E-state index in [1.807, 2.05) is 0 Å². The molecule has 2 aromatic carbocycles. The lowest BCUT2D eigenvalue weighted by atomic mass is 9.99. The number of tetrazole rings is 1.